The van der Waals surface area contributed by atoms with Gasteiger partial charge in [-0.3, -0.25) is 0 Å². The molecule has 0 saturated carbocycles. The molecule has 3 heteroatoms. The largest absolute Gasteiger partial charge is 0.349 e. The molecular weight excluding hydrogens is 126 g/mol. The molecule has 0 aliphatic heterocycles. The topological polar surface area (TPSA) is 54.7 Å². The number of rotatable bonds is 1. The molecule has 1 aromatic rings. The Morgan fingerprint density at radius 2 is 2.30 bits per heavy atom. The summed E-state index contributed by atoms with van der Waals surface area (Å²) >= 11 is 0. The molecule has 0 aliphatic carbocycles. The number of hydrogen-bond acceptors (Lipinski definition) is 2. The van der Waals surface area contributed by atoms with Crippen LogP contribution in [0.3, 0.4) is 0 Å². The molecule has 58 valence electrons. The van der Waals surface area contributed by atoms with Gasteiger partial charge in [0.1, 0.15) is 5.82 Å². The minimum atomic E-state index is 0.819. The smallest absolute Gasteiger partial charge is 0.102 e. The van der Waals surface area contributed by atoms with E-state index in [1.807, 2.05) is 6.92 Å². The summed E-state index contributed by atoms with van der Waals surface area (Å²) in [7, 11) is 0. The number of aromatic amines is 1. The predicted octanol–water partition coefficient (Wildman–Crippen LogP) is 1.07. The van der Waals surface area contributed by atoms with Gasteiger partial charge < -0.3 is 10.7 Å². The standard InChI is InChI=1S/C4H6N2.C3H9N/c1-4-5-2-3-6-4;1-2-3-4/h2-3H,1H3,(H,5,6);2-4H2,1H3. The van der Waals surface area contributed by atoms with E-state index in [2.05, 4.69) is 16.9 Å². The van der Waals surface area contributed by atoms with E-state index in [9.17, 15) is 0 Å². The summed E-state index contributed by atoms with van der Waals surface area (Å²) in [6.07, 6.45) is 4.63. The van der Waals surface area contributed by atoms with Gasteiger partial charge in [0.2, 0.25) is 0 Å². The number of nitrogens with two attached hydrogens (primary N) is 1. The minimum absolute atomic E-state index is 0.819. The number of H-pyrrole nitrogens is 1. The van der Waals surface area contributed by atoms with E-state index in [1.54, 1.807) is 12.4 Å². The maximum atomic E-state index is 5.03. The average molecular weight is 141 g/mol. The molecule has 0 aliphatic rings. The van der Waals surface area contributed by atoms with Gasteiger partial charge in [0, 0.05) is 12.4 Å². The third-order valence-electron chi connectivity index (χ3n) is 0.924. The SMILES string of the molecule is CCCN.Cc1ncc[nH]1. The van der Waals surface area contributed by atoms with Crippen molar-refractivity contribution in [1.29, 1.82) is 0 Å². The monoisotopic (exact) mass is 141 g/mol. The lowest BCUT2D eigenvalue weighted by molar-refractivity contribution is 0.932. The molecule has 3 nitrogen and oxygen atoms in total. The van der Waals surface area contributed by atoms with Gasteiger partial charge in [-0.25, -0.2) is 4.98 Å². The molecule has 0 fully saturated rings. The first-order valence-electron chi connectivity index (χ1n) is 3.47. The first-order valence-corrected chi connectivity index (χ1v) is 3.47. The van der Waals surface area contributed by atoms with Crippen LogP contribution >= 0.6 is 0 Å². The van der Waals surface area contributed by atoms with E-state index in [4.69, 9.17) is 5.73 Å². The normalized spacial score (nSPS) is 8.30. The Balaban J connectivity index is 0.000000180. The van der Waals surface area contributed by atoms with Crippen LogP contribution in [0.25, 0.3) is 0 Å². The predicted molar refractivity (Wildman–Crippen MR) is 42.7 cm³/mol. The fourth-order valence-corrected chi connectivity index (χ4v) is 0.344. The summed E-state index contributed by atoms with van der Waals surface area (Å²) in [4.78, 5) is 6.75. The third kappa shape index (κ3) is 5.31. The van der Waals surface area contributed by atoms with Crippen molar-refractivity contribution < 1.29 is 0 Å². The maximum absolute atomic E-state index is 5.03. The molecule has 1 heterocycles. The van der Waals surface area contributed by atoms with Crippen LogP contribution in [0, 0.1) is 6.92 Å². The van der Waals surface area contributed by atoms with E-state index < -0.39 is 0 Å². The fourth-order valence-electron chi connectivity index (χ4n) is 0.344. The first kappa shape index (κ1) is 9.17. The van der Waals surface area contributed by atoms with Crippen molar-refractivity contribution in [1.82, 2.24) is 9.97 Å². The lowest BCUT2D eigenvalue weighted by Gasteiger charge is -1.70. The van der Waals surface area contributed by atoms with Crippen LogP contribution in [0.15, 0.2) is 12.4 Å². The van der Waals surface area contributed by atoms with Gasteiger partial charge >= 0.3 is 0 Å². The van der Waals surface area contributed by atoms with Crippen molar-refractivity contribution in [3.05, 3.63) is 18.2 Å². The Kier molecular flexibility index (Phi) is 5.77. The molecule has 1 aromatic heterocycles. The van der Waals surface area contributed by atoms with Crippen LogP contribution in [0.5, 0.6) is 0 Å². The Labute approximate surface area is 61.7 Å². The lowest BCUT2D eigenvalue weighted by Crippen LogP contribution is -1.93. The van der Waals surface area contributed by atoms with Gasteiger partial charge in [0.15, 0.2) is 0 Å². The Morgan fingerprint density at radius 3 is 2.40 bits per heavy atom. The molecule has 0 unspecified atom stereocenters. The van der Waals surface area contributed by atoms with Gasteiger partial charge in [0.25, 0.3) is 0 Å². The Morgan fingerprint density at radius 1 is 1.70 bits per heavy atom. The van der Waals surface area contributed by atoms with Gasteiger partial charge in [-0.05, 0) is 19.9 Å². The second kappa shape index (κ2) is 6.29. The van der Waals surface area contributed by atoms with E-state index in [0.717, 1.165) is 18.8 Å². The van der Waals surface area contributed by atoms with Gasteiger partial charge in [-0.15, -0.1) is 0 Å². The first-order chi connectivity index (χ1) is 4.81. The van der Waals surface area contributed by atoms with Crippen LogP contribution in [0.4, 0.5) is 0 Å². The summed E-state index contributed by atoms with van der Waals surface area (Å²) in [6, 6.07) is 0. The van der Waals surface area contributed by atoms with Gasteiger partial charge in [0.05, 0.1) is 0 Å². The molecule has 0 bridgehead atoms. The van der Waals surface area contributed by atoms with Gasteiger partial charge in [-0.2, -0.15) is 0 Å². The molecule has 0 aromatic carbocycles. The molecule has 0 spiro atoms. The van der Waals surface area contributed by atoms with E-state index in [0.29, 0.717) is 0 Å². The van der Waals surface area contributed by atoms with Crippen LogP contribution in [-0.2, 0) is 0 Å². The molecule has 0 amide bonds. The quantitative estimate of drug-likeness (QED) is 0.614. The minimum Gasteiger partial charge on any atom is -0.349 e. The molecule has 0 radical (unpaired) electrons. The molecule has 0 saturated heterocycles. The number of aromatic nitrogens is 2. The summed E-state index contributed by atoms with van der Waals surface area (Å²) in [5.41, 5.74) is 5.03. The third-order valence-corrected chi connectivity index (χ3v) is 0.924. The van der Waals surface area contributed by atoms with Crippen molar-refractivity contribution in [3.63, 3.8) is 0 Å². The maximum Gasteiger partial charge on any atom is 0.102 e. The van der Waals surface area contributed by atoms with Crippen molar-refractivity contribution >= 4 is 0 Å². The number of nitrogens with one attached hydrogen (secondary N) is 1. The Bertz CT molecular complexity index is 133. The van der Waals surface area contributed by atoms with Crippen molar-refractivity contribution in [2.75, 3.05) is 6.54 Å². The highest BCUT2D eigenvalue weighted by Gasteiger charge is 1.73. The molecule has 1 rings (SSSR count). The second-order valence-electron chi connectivity index (χ2n) is 1.96. The average Bonchev–Trinajstić information content (AvgIpc) is 2.40. The lowest BCUT2D eigenvalue weighted by atomic mass is 10.5. The zero-order valence-corrected chi connectivity index (χ0v) is 6.59. The Hall–Kier alpha value is -0.830. The summed E-state index contributed by atoms with van der Waals surface area (Å²) in [5.74, 6) is 0.968. The summed E-state index contributed by atoms with van der Waals surface area (Å²) < 4.78 is 0. The number of imidazole rings is 1. The number of aryl methyl sites for hydroxylation is 1. The molecule has 3 N–H and O–H groups in total. The summed E-state index contributed by atoms with van der Waals surface area (Å²) in [6.45, 7) is 4.79. The number of hydrogen-bond donors (Lipinski definition) is 2. The molecule has 10 heavy (non-hydrogen) atoms. The van der Waals surface area contributed by atoms with Crippen molar-refractivity contribution in [2.24, 2.45) is 5.73 Å². The van der Waals surface area contributed by atoms with Crippen LogP contribution in [0.1, 0.15) is 19.2 Å². The molecule has 0 atom stereocenters. The molecular formula is C7H15N3. The highest BCUT2D eigenvalue weighted by atomic mass is 14.9. The fraction of sp³-hybridized carbons (Fsp3) is 0.571. The zero-order chi connectivity index (χ0) is 7.82. The van der Waals surface area contributed by atoms with E-state index >= 15 is 0 Å². The van der Waals surface area contributed by atoms with Crippen LogP contribution < -0.4 is 5.73 Å². The van der Waals surface area contributed by atoms with E-state index in [-0.39, 0.29) is 0 Å². The number of nitrogens with zero attached hydrogens (tertiary/aromatic N) is 1. The zero-order valence-electron chi connectivity index (χ0n) is 6.59. The second-order valence-corrected chi connectivity index (χ2v) is 1.96. The highest BCUT2D eigenvalue weighted by Crippen LogP contribution is 1.78. The van der Waals surface area contributed by atoms with Crippen molar-refractivity contribution in [3.8, 4) is 0 Å². The summed E-state index contributed by atoms with van der Waals surface area (Å²) in [5, 5.41) is 0. The van der Waals surface area contributed by atoms with Crippen LogP contribution in [0.2, 0.25) is 0 Å². The van der Waals surface area contributed by atoms with Crippen molar-refractivity contribution in [2.45, 2.75) is 20.3 Å². The van der Waals surface area contributed by atoms with Gasteiger partial charge in [-0.1, -0.05) is 6.92 Å². The van der Waals surface area contributed by atoms with Crippen LogP contribution in [-0.4, -0.2) is 16.5 Å². The highest BCUT2D eigenvalue weighted by molar-refractivity contribution is 4.80. The van der Waals surface area contributed by atoms with E-state index in [1.165, 1.54) is 0 Å².